The lowest BCUT2D eigenvalue weighted by Crippen LogP contribution is -2.07. The standard InChI is InChI=1S/C13H14N6/c1-9-3-2-4-10(17-9)7-16-12-13-15-5-6-19(13)8-11(14)18-12/h2-6,8H,7,14H2,1H3,(H,16,18). The van der Waals surface area contributed by atoms with Gasteiger partial charge in [0.1, 0.15) is 5.82 Å². The summed E-state index contributed by atoms with van der Waals surface area (Å²) in [6, 6.07) is 5.92. The van der Waals surface area contributed by atoms with Gasteiger partial charge in [-0.2, -0.15) is 0 Å². The third-order valence-electron chi connectivity index (χ3n) is 2.78. The first-order valence-corrected chi connectivity index (χ1v) is 5.98. The van der Waals surface area contributed by atoms with Gasteiger partial charge in [0, 0.05) is 18.1 Å². The molecule has 0 atom stereocenters. The van der Waals surface area contributed by atoms with Crippen molar-refractivity contribution in [3.8, 4) is 0 Å². The number of nitrogens with zero attached hydrogens (tertiary/aromatic N) is 4. The molecule has 6 heteroatoms. The van der Waals surface area contributed by atoms with Crippen LogP contribution in [0.15, 0.2) is 36.8 Å². The molecule has 0 unspecified atom stereocenters. The third-order valence-corrected chi connectivity index (χ3v) is 2.78. The zero-order chi connectivity index (χ0) is 13.2. The Morgan fingerprint density at radius 2 is 2.21 bits per heavy atom. The highest BCUT2D eigenvalue weighted by Gasteiger charge is 2.06. The summed E-state index contributed by atoms with van der Waals surface area (Å²) >= 11 is 0. The molecule has 0 fully saturated rings. The van der Waals surface area contributed by atoms with Crippen molar-refractivity contribution in [1.82, 2.24) is 19.4 Å². The molecule has 19 heavy (non-hydrogen) atoms. The minimum atomic E-state index is 0.449. The molecule has 0 aliphatic heterocycles. The first kappa shape index (κ1) is 11.5. The van der Waals surface area contributed by atoms with Gasteiger partial charge >= 0.3 is 0 Å². The van der Waals surface area contributed by atoms with Gasteiger partial charge in [-0.15, -0.1) is 0 Å². The van der Waals surface area contributed by atoms with E-state index < -0.39 is 0 Å². The largest absolute Gasteiger partial charge is 0.382 e. The molecule has 0 amide bonds. The third kappa shape index (κ3) is 2.33. The maximum absolute atomic E-state index is 5.76. The fraction of sp³-hybridized carbons (Fsp3) is 0.154. The normalized spacial score (nSPS) is 10.8. The quantitative estimate of drug-likeness (QED) is 0.742. The maximum atomic E-state index is 5.76. The van der Waals surface area contributed by atoms with E-state index in [1.165, 1.54) is 0 Å². The SMILES string of the molecule is Cc1cccc(CNc2nc(N)cn3ccnc23)n1. The number of hydrogen-bond acceptors (Lipinski definition) is 5. The van der Waals surface area contributed by atoms with Crippen LogP contribution < -0.4 is 11.1 Å². The van der Waals surface area contributed by atoms with Crippen molar-refractivity contribution in [2.24, 2.45) is 0 Å². The second kappa shape index (κ2) is 4.56. The fourth-order valence-electron chi connectivity index (χ4n) is 1.94. The number of aryl methyl sites for hydroxylation is 1. The number of nitrogens with one attached hydrogen (secondary N) is 1. The van der Waals surface area contributed by atoms with Gasteiger partial charge in [-0.1, -0.05) is 6.07 Å². The zero-order valence-electron chi connectivity index (χ0n) is 10.5. The van der Waals surface area contributed by atoms with Crippen LogP contribution in [0, 0.1) is 6.92 Å². The fourth-order valence-corrected chi connectivity index (χ4v) is 1.94. The Hall–Kier alpha value is -2.63. The highest BCUT2D eigenvalue weighted by molar-refractivity contribution is 5.64. The number of fused-ring (bicyclic) bond motifs is 1. The molecule has 0 radical (unpaired) electrons. The molecule has 3 heterocycles. The number of aromatic nitrogens is 4. The number of pyridine rings is 1. The van der Waals surface area contributed by atoms with Gasteiger partial charge in [0.25, 0.3) is 0 Å². The van der Waals surface area contributed by atoms with Crippen LogP contribution in [-0.2, 0) is 6.54 Å². The van der Waals surface area contributed by atoms with Crippen LogP contribution >= 0.6 is 0 Å². The molecule has 0 spiro atoms. The summed E-state index contributed by atoms with van der Waals surface area (Å²) < 4.78 is 1.84. The van der Waals surface area contributed by atoms with Gasteiger partial charge in [-0.25, -0.2) is 9.97 Å². The summed E-state index contributed by atoms with van der Waals surface area (Å²) in [6.07, 6.45) is 5.29. The van der Waals surface area contributed by atoms with E-state index in [2.05, 4.69) is 20.3 Å². The van der Waals surface area contributed by atoms with Crippen molar-refractivity contribution in [2.45, 2.75) is 13.5 Å². The van der Waals surface area contributed by atoms with Crippen molar-refractivity contribution in [2.75, 3.05) is 11.1 Å². The van der Waals surface area contributed by atoms with Gasteiger partial charge in [-0.05, 0) is 19.1 Å². The van der Waals surface area contributed by atoms with Gasteiger partial charge in [-0.3, -0.25) is 4.98 Å². The monoisotopic (exact) mass is 254 g/mol. The Kier molecular flexibility index (Phi) is 2.75. The van der Waals surface area contributed by atoms with E-state index in [9.17, 15) is 0 Å². The summed E-state index contributed by atoms with van der Waals surface area (Å²) in [5.74, 6) is 1.11. The first-order valence-electron chi connectivity index (χ1n) is 5.98. The summed E-state index contributed by atoms with van der Waals surface area (Å²) in [6.45, 7) is 2.55. The Morgan fingerprint density at radius 1 is 1.32 bits per heavy atom. The molecule has 3 aromatic heterocycles. The minimum Gasteiger partial charge on any atom is -0.382 e. The van der Waals surface area contributed by atoms with Crippen molar-refractivity contribution in [1.29, 1.82) is 0 Å². The molecular weight excluding hydrogens is 240 g/mol. The Labute approximate surface area is 110 Å². The lowest BCUT2D eigenvalue weighted by Gasteiger charge is -2.08. The van der Waals surface area contributed by atoms with Crippen LogP contribution in [0.2, 0.25) is 0 Å². The topological polar surface area (TPSA) is 81.1 Å². The van der Waals surface area contributed by atoms with Gasteiger partial charge in [0.2, 0.25) is 0 Å². The van der Waals surface area contributed by atoms with E-state index in [1.54, 1.807) is 12.4 Å². The minimum absolute atomic E-state index is 0.449. The van der Waals surface area contributed by atoms with E-state index in [4.69, 9.17) is 5.73 Å². The molecule has 0 saturated heterocycles. The average Bonchev–Trinajstić information content (AvgIpc) is 2.84. The van der Waals surface area contributed by atoms with Crippen LogP contribution in [0.3, 0.4) is 0 Å². The van der Waals surface area contributed by atoms with Gasteiger partial charge in [0.05, 0.1) is 18.4 Å². The number of hydrogen-bond donors (Lipinski definition) is 2. The number of nitrogens with two attached hydrogens (primary N) is 1. The molecule has 3 rings (SSSR count). The maximum Gasteiger partial charge on any atom is 0.180 e. The summed E-state index contributed by atoms with van der Waals surface area (Å²) in [5, 5.41) is 3.22. The van der Waals surface area contributed by atoms with Gasteiger partial charge < -0.3 is 15.5 Å². The Balaban J connectivity index is 1.87. The van der Waals surface area contributed by atoms with E-state index in [0.29, 0.717) is 18.2 Å². The molecule has 0 saturated carbocycles. The molecule has 3 N–H and O–H groups in total. The van der Waals surface area contributed by atoms with Crippen molar-refractivity contribution < 1.29 is 0 Å². The Bertz CT molecular complexity index is 718. The van der Waals surface area contributed by atoms with Gasteiger partial charge in [0.15, 0.2) is 11.5 Å². The second-order valence-electron chi connectivity index (χ2n) is 4.30. The number of anilines is 2. The Morgan fingerprint density at radius 3 is 3.05 bits per heavy atom. The average molecular weight is 254 g/mol. The lowest BCUT2D eigenvalue weighted by molar-refractivity contribution is 0.998. The molecule has 0 bridgehead atoms. The van der Waals surface area contributed by atoms with E-state index in [0.717, 1.165) is 17.0 Å². The predicted molar refractivity (Wildman–Crippen MR) is 73.7 cm³/mol. The second-order valence-corrected chi connectivity index (χ2v) is 4.30. The molecule has 6 nitrogen and oxygen atoms in total. The van der Waals surface area contributed by atoms with Crippen molar-refractivity contribution in [3.05, 3.63) is 48.2 Å². The molecule has 96 valence electrons. The molecule has 0 aliphatic rings. The molecular formula is C13H14N6. The van der Waals surface area contributed by atoms with Crippen molar-refractivity contribution in [3.63, 3.8) is 0 Å². The smallest absolute Gasteiger partial charge is 0.180 e. The van der Waals surface area contributed by atoms with Crippen LogP contribution in [0.4, 0.5) is 11.6 Å². The van der Waals surface area contributed by atoms with E-state index in [1.807, 2.05) is 35.7 Å². The summed E-state index contributed by atoms with van der Waals surface area (Å²) in [7, 11) is 0. The summed E-state index contributed by atoms with van der Waals surface area (Å²) in [4.78, 5) is 12.9. The summed E-state index contributed by atoms with van der Waals surface area (Å²) in [5.41, 5.74) is 8.46. The number of nitrogen functional groups attached to an aromatic ring is 1. The molecule has 0 aliphatic carbocycles. The van der Waals surface area contributed by atoms with Crippen LogP contribution in [-0.4, -0.2) is 19.4 Å². The number of rotatable bonds is 3. The zero-order valence-corrected chi connectivity index (χ0v) is 10.5. The highest BCUT2D eigenvalue weighted by atomic mass is 15.1. The van der Waals surface area contributed by atoms with E-state index in [-0.39, 0.29) is 0 Å². The molecule has 3 aromatic rings. The predicted octanol–water partition coefficient (Wildman–Crippen LogP) is 1.63. The molecule has 0 aromatic carbocycles. The van der Waals surface area contributed by atoms with E-state index >= 15 is 0 Å². The first-order chi connectivity index (χ1) is 9.22. The van der Waals surface area contributed by atoms with Crippen molar-refractivity contribution >= 4 is 17.3 Å². The van der Waals surface area contributed by atoms with Crippen LogP contribution in [0.25, 0.3) is 5.65 Å². The highest BCUT2D eigenvalue weighted by Crippen LogP contribution is 2.15. The van der Waals surface area contributed by atoms with Crippen LogP contribution in [0.5, 0.6) is 0 Å². The number of imidazole rings is 1. The van der Waals surface area contributed by atoms with Crippen LogP contribution in [0.1, 0.15) is 11.4 Å². The lowest BCUT2D eigenvalue weighted by atomic mass is 10.3.